The summed E-state index contributed by atoms with van der Waals surface area (Å²) in [6, 6.07) is 0. The Morgan fingerprint density at radius 3 is 1.91 bits per heavy atom. The summed E-state index contributed by atoms with van der Waals surface area (Å²) in [5, 5.41) is 0. The third-order valence-corrected chi connectivity index (χ3v) is 9.28. The monoisotopic (exact) mass is 490 g/mol. The average Bonchev–Trinajstić information content (AvgIpc) is 3.41. The van der Waals surface area contributed by atoms with Crippen molar-refractivity contribution in [1.82, 2.24) is 0 Å². The average molecular weight is 490 g/mol. The van der Waals surface area contributed by atoms with E-state index >= 15 is 0 Å². The standard InChI is InChI=1S/C14H23BO2.C9H11F3O3S/c1-13(2)14(3,4)17-15(16-13)12-8-10-6-5-7-11(10)9-12;10-9(11,12)16(13,14)15-8-4-6-2-1-3-7(6)5-8/h8,10-11H,5-7,9H2,1-4H3;4,6-7H,1-3,5H2/t10-,11+;6-,7+/m11/s1. The highest BCUT2D eigenvalue weighted by atomic mass is 32.2. The SMILES string of the molecule is CC1(C)OB(C2=C[C@H]3CCC[C@H]3C2)OC1(C)C.O=S(=O)(OC1=C[C@H]2CCC[C@H]2C1)C(F)(F)F. The smallest absolute Gasteiger partial charge is 0.400 e. The fraction of sp³-hybridized carbons (Fsp3) is 0.826. The second-order valence-electron chi connectivity index (χ2n) is 11.1. The van der Waals surface area contributed by atoms with Gasteiger partial charge in [0.05, 0.1) is 11.2 Å². The van der Waals surface area contributed by atoms with Gasteiger partial charge in [-0.2, -0.15) is 21.6 Å². The number of halogens is 3. The Hall–Kier alpha value is -0.995. The zero-order valence-corrected chi connectivity index (χ0v) is 20.6. The first kappa shape index (κ1) is 25.1. The van der Waals surface area contributed by atoms with Crippen LogP contribution in [0.4, 0.5) is 13.2 Å². The molecule has 0 aromatic carbocycles. The van der Waals surface area contributed by atoms with Crippen LogP contribution in [0.2, 0.25) is 0 Å². The Balaban J connectivity index is 0.000000157. The van der Waals surface area contributed by atoms with Gasteiger partial charge in [-0.3, -0.25) is 0 Å². The van der Waals surface area contributed by atoms with E-state index in [0.717, 1.165) is 31.1 Å². The summed E-state index contributed by atoms with van der Waals surface area (Å²) >= 11 is 0. The Labute approximate surface area is 195 Å². The Kier molecular flexibility index (Phi) is 6.54. The van der Waals surface area contributed by atoms with Gasteiger partial charge >= 0.3 is 22.7 Å². The molecule has 2 saturated carbocycles. The van der Waals surface area contributed by atoms with E-state index in [2.05, 4.69) is 38.0 Å². The van der Waals surface area contributed by atoms with Crippen molar-refractivity contribution in [3.63, 3.8) is 0 Å². The van der Waals surface area contributed by atoms with Crippen LogP contribution in [0.1, 0.15) is 79.1 Å². The third kappa shape index (κ3) is 5.03. The second kappa shape index (κ2) is 8.59. The summed E-state index contributed by atoms with van der Waals surface area (Å²) < 4.78 is 73.9. The molecular formula is C23H34BF3O5S. The molecular weight excluding hydrogens is 456 g/mol. The molecule has 1 aliphatic heterocycles. The quantitative estimate of drug-likeness (QED) is 0.279. The van der Waals surface area contributed by atoms with E-state index in [-0.39, 0.29) is 35.9 Å². The molecule has 1 heterocycles. The fourth-order valence-corrected chi connectivity index (χ4v) is 6.21. The largest absolute Gasteiger partial charge is 0.534 e. The highest BCUT2D eigenvalue weighted by Gasteiger charge is 2.53. The van der Waals surface area contributed by atoms with Crippen LogP contribution in [-0.4, -0.2) is 32.2 Å². The lowest BCUT2D eigenvalue weighted by Gasteiger charge is -2.32. The van der Waals surface area contributed by atoms with E-state index in [9.17, 15) is 21.6 Å². The lowest BCUT2D eigenvalue weighted by atomic mass is 9.76. The van der Waals surface area contributed by atoms with Crippen molar-refractivity contribution in [2.45, 2.75) is 95.8 Å². The van der Waals surface area contributed by atoms with E-state index in [0.29, 0.717) is 6.42 Å². The van der Waals surface area contributed by atoms with Gasteiger partial charge in [0.25, 0.3) is 0 Å². The van der Waals surface area contributed by atoms with E-state index in [1.54, 1.807) is 0 Å². The van der Waals surface area contributed by atoms with Gasteiger partial charge in [-0.1, -0.05) is 18.9 Å². The number of hydrogen-bond acceptors (Lipinski definition) is 5. The number of alkyl halides is 3. The molecule has 0 radical (unpaired) electrons. The maximum absolute atomic E-state index is 12.0. The van der Waals surface area contributed by atoms with Gasteiger partial charge < -0.3 is 13.5 Å². The van der Waals surface area contributed by atoms with Crippen LogP contribution in [0.5, 0.6) is 0 Å². The molecule has 0 aromatic rings. The van der Waals surface area contributed by atoms with Crippen molar-refractivity contribution >= 4 is 17.2 Å². The molecule has 0 amide bonds. The zero-order chi connectivity index (χ0) is 24.2. The highest BCUT2D eigenvalue weighted by molar-refractivity contribution is 7.87. The molecule has 5 aliphatic rings. The lowest BCUT2D eigenvalue weighted by molar-refractivity contribution is -0.0523. The van der Waals surface area contributed by atoms with Crippen molar-refractivity contribution in [3.8, 4) is 0 Å². The van der Waals surface area contributed by atoms with Crippen LogP contribution in [0, 0.1) is 23.7 Å². The molecule has 3 fully saturated rings. The number of hydrogen-bond donors (Lipinski definition) is 0. The second-order valence-corrected chi connectivity index (χ2v) is 12.6. The molecule has 10 heteroatoms. The molecule has 4 atom stereocenters. The highest BCUT2D eigenvalue weighted by Crippen LogP contribution is 2.47. The Morgan fingerprint density at radius 1 is 0.909 bits per heavy atom. The zero-order valence-electron chi connectivity index (χ0n) is 19.8. The van der Waals surface area contributed by atoms with Gasteiger partial charge in [0, 0.05) is 6.42 Å². The lowest BCUT2D eigenvalue weighted by Crippen LogP contribution is -2.41. The molecule has 4 aliphatic carbocycles. The molecule has 0 spiro atoms. The molecule has 0 aromatic heterocycles. The maximum atomic E-state index is 12.0. The van der Waals surface area contributed by atoms with Crippen LogP contribution < -0.4 is 0 Å². The van der Waals surface area contributed by atoms with E-state index in [1.807, 2.05) is 0 Å². The van der Waals surface area contributed by atoms with Crippen molar-refractivity contribution < 1.29 is 35.1 Å². The predicted molar refractivity (Wildman–Crippen MR) is 119 cm³/mol. The normalized spacial score (nSPS) is 34.3. The first-order valence-corrected chi connectivity index (χ1v) is 13.4. The van der Waals surface area contributed by atoms with Gasteiger partial charge in [-0.05, 0) is 95.0 Å². The van der Waals surface area contributed by atoms with Gasteiger partial charge in [0.2, 0.25) is 0 Å². The fourth-order valence-electron chi connectivity index (χ4n) is 5.71. The Bertz CT molecular complexity index is 909. The molecule has 33 heavy (non-hydrogen) atoms. The van der Waals surface area contributed by atoms with Crippen LogP contribution in [0.3, 0.4) is 0 Å². The van der Waals surface area contributed by atoms with Crippen molar-refractivity contribution in [2.75, 3.05) is 0 Å². The summed E-state index contributed by atoms with van der Waals surface area (Å²) in [6.07, 6.45) is 12.5. The molecule has 1 saturated heterocycles. The first-order chi connectivity index (χ1) is 15.2. The summed E-state index contributed by atoms with van der Waals surface area (Å²) in [5.74, 6) is 2.09. The molecule has 0 N–H and O–H groups in total. The van der Waals surface area contributed by atoms with Crippen molar-refractivity contribution in [2.24, 2.45) is 23.7 Å². The van der Waals surface area contributed by atoms with Crippen LogP contribution in [0.15, 0.2) is 23.4 Å². The van der Waals surface area contributed by atoms with Crippen molar-refractivity contribution in [1.29, 1.82) is 0 Å². The van der Waals surface area contributed by atoms with Crippen LogP contribution in [-0.2, 0) is 23.6 Å². The summed E-state index contributed by atoms with van der Waals surface area (Å²) in [4.78, 5) is 0. The topological polar surface area (TPSA) is 61.8 Å². The van der Waals surface area contributed by atoms with Gasteiger partial charge in [-0.25, -0.2) is 0 Å². The number of allylic oxidation sites excluding steroid dienone is 4. The van der Waals surface area contributed by atoms with E-state index < -0.39 is 15.6 Å². The van der Waals surface area contributed by atoms with E-state index in [1.165, 1.54) is 37.2 Å². The summed E-state index contributed by atoms with van der Waals surface area (Å²) in [5.41, 5.74) is -4.34. The minimum atomic E-state index is -5.48. The summed E-state index contributed by atoms with van der Waals surface area (Å²) in [7, 11) is -5.57. The molecule has 5 nitrogen and oxygen atoms in total. The Morgan fingerprint density at radius 2 is 1.42 bits per heavy atom. The molecule has 5 rings (SSSR count). The van der Waals surface area contributed by atoms with Gasteiger partial charge in [-0.15, -0.1) is 0 Å². The minimum absolute atomic E-state index is 0.0491. The number of fused-ring (bicyclic) bond motifs is 2. The van der Waals surface area contributed by atoms with Gasteiger partial charge in [0.1, 0.15) is 5.76 Å². The predicted octanol–water partition coefficient (Wildman–Crippen LogP) is 5.92. The maximum Gasteiger partial charge on any atom is 0.534 e. The third-order valence-electron chi connectivity index (χ3n) is 8.28. The van der Waals surface area contributed by atoms with Gasteiger partial charge in [0.15, 0.2) is 0 Å². The first-order valence-electron chi connectivity index (χ1n) is 12.0. The number of rotatable bonds is 3. The van der Waals surface area contributed by atoms with Crippen molar-refractivity contribution in [3.05, 3.63) is 23.4 Å². The minimum Gasteiger partial charge on any atom is -0.400 e. The summed E-state index contributed by atoms with van der Waals surface area (Å²) in [6.45, 7) is 8.51. The molecule has 0 unspecified atom stereocenters. The molecule has 186 valence electrons. The van der Waals surface area contributed by atoms with E-state index in [4.69, 9.17) is 9.31 Å². The van der Waals surface area contributed by atoms with Crippen LogP contribution >= 0.6 is 0 Å². The van der Waals surface area contributed by atoms with Crippen LogP contribution in [0.25, 0.3) is 0 Å². The molecule has 0 bridgehead atoms.